The number of rotatable bonds is 7. The number of hydrogen-bond donors (Lipinski definition) is 1. The Hall–Kier alpha value is -3.26. The molecule has 1 amide bonds. The largest absolute Gasteiger partial charge is 0.433 e. The van der Waals surface area contributed by atoms with Crippen molar-refractivity contribution in [3.05, 3.63) is 82.3 Å². The van der Waals surface area contributed by atoms with Crippen LogP contribution in [0.1, 0.15) is 20.8 Å². The monoisotopic (exact) mass is 413 g/mol. The number of hydrogen-bond acceptors (Lipinski definition) is 4. The molecule has 0 atom stereocenters. The molecule has 0 spiro atoms. The van der Waals surface area contributed by atoms with E-state index < -0.39 is 12.5 Å². The summed E-state index contributed by atoms with van der Waals surface area (Å²) in [6, 6.07) is 17.1. The molecule has 148 valence electrons. The molecule has 4 aromatic rings. The number of para-hydroxylation sites is 2. The van der Waals surface area contributed by atoms with E-state index in [-0.39, 0.29) is 17.2 Å². The number of nitrogens with zero attached hydrogens (tertiary/aromatic N) is 2. The molecule has 2 heterocycles. The molecule has 8 heteroatoms. The van der Waals surface area contributed by atoms with Gasteiger partial charge in [-0.05, 0) is 34.7 Å². The fourth-order valence-electron chi connectivity index (χ4n) is 3.09. The number of ether oxygens (including phenoxy) is 1. The van der Waals surface area contributed by atoms with Crippen molar-refractivity contribution < 1.29 is 18.3 Å². The van der Waals surface area contributed by atoms with Gasteiger partial charge in [-0.25, -0.2) is 4.98 Å². The highest BCUT2D eigenvalue weighted by molar-refractivity contribution is 7.12. The molecule has 0 aliphatic heterocycles. The number of imidazole rings is 1. The van der Waals surface area contributed by atoms with Crippen molar-refractivity contribution in [2.24, 2.45) is 0 Å². The summed E-state index contributed by atoms with van der Waals surface area (Å²) in [6.07, 6.45) is 1.81. The number of amides is 1. The Bertz CT molecular complexity index is 1140. The van der Waals surface area contributed by atoms with Gasteiger partial charge < -0.3 is 14.6 Å². The van der Waals surface area contributed by atoms with Crippen LogP contribution in [0.3, 0.4) is 0 Å². The van der Waals surface area contributed by atoms with Gasteiger partial charge in [-0.3, -0.25) is 4.79 Å². The zero-order valence-corrected chi connectivity index (χ0v) is 16.0. The molecule has 5 nitrogen and oxygen atoms in total. The van der Waals surface area contributed by atoms with Crippen LogP contribution < -0.4 is 10.1 Å². The molecule has 1 N–H and O–H groups in total. The third kappa shape index (κ3) is 4.43. The van der Waals surface area contributed by atoms with Crippen molar-refractivity contribution in [1.82, 2.24) is 14.9 Å². The molecule has 2 aromatic heterocycles. The van der Waals surface area contributed by atoms with Crippen molar-refractivity contribution in [2.75, 3.05) is 0 Å². The second-order valence-electron chi connectivity index (χ2n) is 6.36. The van der Waals surface area contributed by atoms with Crippen LogP contribution in [0.15, 0.2) is 66.3 Å². The average Bonchev–Trinajstić information content (AvgIpc) is 3.33. The van der Waals surface area contributed by atoms with E-state index in [0.29, 0.717) is 6.54 Å². The molecule has 0 aliphatic rings. The van der Waals surface area contributed by atoms with E-state index in [1.165, 1.54) is 6.07 Å². The van der Waals surface area contributed by atoms with Gasteiger partial charge >= 0.3 is 6.61 Å². The Morgan fingerprint density at radius 3 is 2.83 bits per heavy atom. The van der Waals surface area contributed by atoms with Crippen molar-refractivity contribution >= 4 is 28.3 Å². The maximum Gasteiger partial charge on any atom is 0.387 e. The average molecular weight is 413 g/mol. The van der Waals surface area contributed by atoms with Gasteiger partial charge in [0.15, 0.2) is 0 Å². The predicted molar refractivity (Wildman–Crippen MR) is 107 cm³/mol. The number of alkyl halides is 2. The number of fused-ring (bicyclic) bond motifs is 1. The summed E-state index contributed by atoms with van der Waals surface area (Å²) in [6.45, 7) is -2.03. The summed E-state index contributed by atoms with van der Waals surface area (Å²) in [4.78, 5) is 16.9. The van der Waals surface area contributed by atoms with E-state index in [1.54, 1.807) is 11.7 Å². The summed E-state index contributed by atoms with van der Waals surface area (Å²) in [5.74, 6) is -0.551. The van der Waals surface area contributed by atoms with E-state index in [2.05, 4.69) is 19.6 Å². The maximum absolute atomic E-state index is 12.4. The molecule has 0 saturated heterocycles. The second kappa shape index (κ2) is 8.40. The first-order valence-corrected chi connectivity index (χ1v) is 9.76. The minimum absolute atomic E-state index is 0.108. The molecule has 2 aromatic carbocycles. The maximum atomic E-state index is 12.4. The van der Waals surface area contributed by atoms with Gasteiger partial charge in [-0.15, -0.1) is 11.3 Å². The van der Waals surface area contributed by atoms with Gasteiger partial charge in [0.25, 0.3) is 5.91 Å². The minimum atomic E-state index is -2.97. The van der Waals surface area contributed by atoms with Crippen molar-refractivity contribution in [2.45, 2.75) is 19.7 Å². The number of halogens is 2. The fraction of sp³-hybridized carbons (Fsp3) is 0.143. The minimum Gasteiger partial charge on any atom is -0.433 e. The molecule has 0 aliphatic carbocycles. The first-order chi connectivity index (χ1) is 14.1. The van der Waals surface area contributed by atoms with Crippen molar-refractivity contribution in [1.29, 1.82) is 0 Å². The third-order valence-electron chi connectivity index (χ3n) is 4.38. The Morgan fingerprint density at radius 2 is 1.97 bits per heavy atom. The van der Waals surface area contributed by atoms with E-state index in [9.17, 15) is 13.6 Å². The Morgan fingerprint density at radius 1 is 1.14 bits per heavy atom. The van der Waals surface area contributed by atoms with Crippen LogP contribution in [0.25, 0.3) is 11.0 Å². The van der Waals surface area contributed by atoms with Gasteiger partial charge in [0, 0.05) is 13.1 Å². The number of benzene rings is 2. The van der Waals surface area contributed by atoms with Gasteiger partial charge in [0.2, 0.25) is 0 Å². The highest BCUT2D eigenvalue weighted by Crippen LogP contribution is 2.26. The SMILES string of the molecule is O=C(NCc1cccc(Cn2cnc3ccccc32)c1)c1sccc1OC(F)F. The zero-order chi connectivity index (χ0) is 20.2. The van der Waals surface area contributed by atoms with Crippen LogP contribution in [0.2, 0.25) is 0 Å². The number of nitrogens with one attached hydrogen (secondary N) is 1. The van der Waals surface area contributed by atoms with E-state index in [1.807, 2.05) is 48.5 Å². The lowest BCUT2D eigenvalue weighted by Gasteiger charge is -2.09. The zero-order valence-electron chi connectivity index (χ0n) is 15.2. The van der Waals surface area contributed by atoms with Crippen LogP contribution in [0, 0.1) is 0 Å². The normalized spacial score (nSPS) is 11.1. The van der Waals surface area contributed by atoms with E-state index in [4.69, 9.17) is 0 Å². The Kier molecular flexibility index (Phi) is 5.53. The lowest BCUT2D eigenvalue weighted by atomic mass is 10.1. The molecule has 0 bridgehead atoms. The van der Waals surface area contributed by atoms with Crippen LogP contribution in [0.4, 0.5) is 8.78 Å². The van der Waals surface area contributed by atoms with Gasteiger partial charge in [0.1, 0.15) is 10.6 Å². The first kappa shape index (κ1) is 19.1. The molecular weight excluding hydrogens is 396 g/mol. The predicted octanol–water partition coefficient (Wildman–Crippen LogP) is 4.68. The summed E-state index contributed by atoms with van der Waals surface area (Å²) >= 11 is 1.06. The third-order valence-corrected chi connectivity index (χ3v) is 5.27. The van der Waals surface area contributed by atoms with Crippen molar-refractivity contribution in [3.63, 3.8) is 0 Å². The smallest absolute Gasteiger partial charge is 0.387 e. The Balaban J connectivity index is 1.43. The second-order valence-corrected chi connectivity index (χ2v) is 7.27. The topological polar surface area (TPSA) is 56.2 Å². The quantitative estimate of drug-likeness (QED) is 0.479. The number of carbonyl (C=O) groups is 1. The molecule has 0 unspecified atom stereocenters. The number of thiophene rings is 1. The lowest BCUT2D eigenvalue weighted by molar-refractivity contribution is -0.0498. The molecule has 4 rings (SSSR count). The number of aromatic nitrogens is 2. The summed E-state index contributed by atoms with van der Waals surface area (Å²) < 4.78 is 31.3. The summed E-state index contributed by atoms with van der Waals surface area (Å²) in [7, 11) is 0. The molecule has 0 saturated carbocycles. The van der Waals surface area contributed by atoms with Gasteiger partial charge in [-0.2, -0.15) is 8.78 Å². The van der Waals surface area contributed by atoms with E-state index >= 15 is 0 Å². The van der Waals surface area contributed by atoms with Gasteiger partial charge in [-0.1, -0.05) is 36.4 Å². The highest BCUT2D eigenvalue weighted by atomic mass is 32.1. The van der Waals surface area contributed by atoms with Crippen LogP contribution >= 0.6 is 11.3 Å². The van der Waals surface area contributed by atoms with Crippen LogP contribution in [-0.2, 0) is 13.1 Å². The molecule has 0 fully saturated rings. The van der Waals surface area contributed by atoms with Crippen molar-refractivity contribution in [3.8, 4) is 5.75 Å². The van der Waals surface area contributed by atoms with Crippen LogP contribution in [-0.4, -0.2) is 22.1 Å². The highest BCUT2D eigenvalue weighted by Gasteiger charge is 2.17. The summed E-state index contributed by atoms with van der Waals surface area (Å²) in [5.41, 5.74) is 3.97. The van der Waals surface area contributed by atoms with Crippen LogP contribution in [0.5, 0.6) is 5.75 Å². The van der Waals surface area contributed by atoms with Gasteiger partial charge in [0.05, 0.1) is 17.4 Å². The molecular formula is C21H17F2N3O2S. The number of carbonyl (C=O) groups excluding carboxylic acids is 1. The Labute approximate surface area is 169 Å². The fourth-order valence-corrected chi connectivity index (χ4v) is 3.82. The lowest BCUT2D eigenvalue weighted by Crippen LogP contribution is -2.22. The molecule has 29 heavy (non-hydrogen) atoms. The summed E-state index contributed by atoms with van der Waals surface area (Å²) in [5, 5.41) is 4.30. The first-order valence-electron chi connectivity index (χ1n) is 8.88. The van der Waals surface area contributed by atoms with E-state index in [0.717, 1.165) is 33.5 Å². The molecule has 0 radical (unpaired) electrons. The standard InChI is InChI=1S/C21H17F2N3O2S/c22-21(23)28-18-8-9-29-19(18)20(27)24-11-14-4-3-5-15(10-14)12-26-13-25-16-6-1-2-7-17(16)26/h1-10,13,21H,11-12H2,(H,24,27).